The summed E-state index contributed by atoms with van der Waals surface area (Å²) in [6.45, 7) is 0. The van der Waals surface area contributed by atoms with E-state index in [9.17, 15) is 0 Å². The van der Waals surface area contributed by atoms with Gasteiger partial charge >= 0.3 is 0 Å². The van der Waals surface area contributed by atoms with Crippen molar-refractivity contribution in [3.8, 4) is 44.5 Å². The molecule has 1 aliphatic carbocycles. The highest BCUT2D eigenvalue weighted by Gasteiger charge is 2.22. The van der Waals surface area contributed by atoms with Crippen molar-refractivity contribution >= 4 is 65.0 Å². The average Bonchev–Trinajstić information content (AvgIpc) is 3.67. The van der Waals surface area contributed by atoms with Crippen LogP contribution in [0.5, 0.6) is 0 Å². The maximum atomic E-state index is 6.39. The first kappa shape index (κ1) is 25.1. The molecule has 0 atom stereocenters. The van der Waals surface area contributed by atoms with Gasteiger partial charge in [0.25, 0.3) is 0 Å². The lowest BCUT2D eigenvalue weighted by Crippen LogP contribution is -1.85. The summed E-state index contributed by atoms with van der Waals surface area (Å²) >= 11 is 0. The molecule has 216 valence electrons. The molecule has 47 heavy (non-hydrogen) atoms. The maximum Gasteiger partial charge on any atom is 0.135 e. The topological polar surface area (TPSA) is 13.1 Å². The summed E-state index contributed by atoms with van der Waals surface area (Å²) in [5, 5.41) is 12.7. The number of hydrogen-bond acceptors (Lipinski definition) is 1. The van der Waals surface area contributed by atoms with E-state index in [1.165, 1.54) is 87.6 Å². The Hall–Kier alpha value is -6.18. The third-order valence-corrected chi connectivity index (χ3v) is 10.4. The minimum atomic E-state index is 0.911. The second kappa shape index (κ2) is 9.19. The number of rotatable bonds is 2. The molecule has 0 bridgehead atoms. The minimum absolute atomic E-state index is 0.911. The molecule has 0 fully saturated rings. The van der Waals surface area contributed by atoms with Gasteiger partial charge in [0.2, 0.25) is 0 Å². The number of furan rings is 1. The SMILES string of the molecule is c1ccc2c(c1)-c1cccc3c(-c4ccc5oc6ccc(-c7ccc8c9ccccc9c9ccccc9c8c7)cc6c5c4)ccc-2c13. The summed E-state index contributed by atoms with van der Waals surface area (Å²) in [6, 6.07) is 57.8. The van der Waals surface area contributed by atoms with Crippen molar-refractivity contribution in [2.24, 2.45) is 0 Å². The summed E-state index contributed by atoms with van der Waals surface area (Å²) in [7, 11) is 0. The second-order valence-corrected chi connectivity index (χ2v) is 12.8. The van der Waals surface area contributed by atoms with Crippen molar-refractivity contribution in [3.05, 3.63) is 158 Å². The molecule has 0 saturated carbocycles. The van der Waals surface area contributed by atoms with Crippen LogP contribution in [0.15, 0.2) is 162 Å². The van der Waals surface area contributed by atoms with Crippen LogP contribution in [-0.2, 0) is 0 Å². The van der Waals surface area contributed by atoms with E-state index in [4.69, 9.17) is 4.42 Å². The van der Waals surface area contributed by atoms with Gasteiger partial charge in [-0.1, -0.05) is 127 Å². The Morgan fingerprint density at radius 2 is 0.702 bits per heavy atom. The molecule has 0 radical (unpaired) electrons. The Bertz CT molecular complexity index is 2890. The van der Waals surface area contributed by atoms with Crippen LogP contribution in [0.3, 0.4) is 0 Å². The van der Waals surface area contributed by atoms with Crippen LogP contribution in [0.25, 0.3) is 110 Å². The number of hydrogen-bond donors (Lipinski definition) is 0. The van der Waals surface area contributed by atoms with Gasteiger partial charge in [-0.25, -0.2) is 0 Å². The smallest absolute Gasteiger partial charge is 0.135 e. The van der Waals surface area contributed by atoms with Gasteiger partial charge in [0.05, 0.1) is 0 Å². The summed E-state index contributed by atoms with van der Waals surface area (Å²) in [6.07, 6.45) is 0. The van der Waals surface area contributed by atoms with Gasteiger partial charge in [-0.3, -0.25) is 0 Å². The molecule has 0 N–H and O–H groups in total. The summed E-state index contributed by atoms with van der Waals surface area (Å²) in [5.74, 6) is 0. The molecule has 1 aromatic heterocycles. The molecular formula is C46H26O. The number of fused-ring (bicyclic) bond motifs is 12. The summed E-state index contributed by atoms with van der Waals surface area (Å²) in [4.78, 5) is 0. The van der Waals surface area contributed by atoms with Crippen LogP contribution in [-0.4, -0.2) is 0 Å². The highest BCUT2D eigenvalue weighted by molar-refractivity contribution is 6.26. The average molecular weight is 595 g/mol. The first-order valence-corrected chi connectivity index (χ1v) is 16.3. The molecule has 11 rings (SSSR count). The van der Waals surface area contributed by atoms with Crippen molar-refractivity contribution in [3.63, 3.8) is 0 Å². The van der Waals surface area contributed by atoms with Crippen LogP contribution in [0.4, 0.5) is 0 Å². The fourth-order valence-electron chi connectivity index (χ4n) is 8.27. The van der Waals surface area contributed by atoms with E-state index < -0.39 is 0 Å². The molecule has 1 aliphatic rings. The van der Waals surface area contributed by atoms with E-state index in [0.717, 1.165) is 21.9 Å². The van der Waals surface area contributed by atoms with Crippen LogP contribution in [0.1, 0.15) is 0 Å². The molecular weight excluding hydrogens is 569 g/mol. The van der Waals surface area contributed by atoms with Crippen LogP contribution in [0, 0.1) is 0 Å². The Labute approximate surface area is 270 Å². The van der Waals surface area contributed by atoms with Crippen LogP contribution in [0.2, 0.25) is 0 Å². The van der Waals surface area contributed by atoms with Crippen LogP contribution >= 0.6 is 0 Å². The third kappa shape index (κ3) is 3.43. The van der Waals surface area contributed by atoms with Gasteiger partial charge in [-0.05, 0) is 118 Å². The van der Waals surface area contributed by atoms with Crippen molar-refractivity contribution in [1.82, 2.24) is 0 Å². The monoisotopic (exact) mass is 594 g/mol. The van der Waals surface area contributed by atoms with Gasteiger partial charge in [0.15, 0.2) is 0 Å². The normalized spacial score (nSPS) is 12.3. The molecule has 0 spiro atoms. The third-order valence-electron chi connectivity index (χ3n) is 10.4. The molecule has 0 saturated heterocycles. The zero-order valence-electron chi connectivity index (χ0n) is 25.4. The molecule has 0 amide bonds. The first-order valence-electron chi connectivity index (χ1n) is 16.3. The maximum absolute atomic E-state index is 6.39. The largest absolute Gasteiger partial charge is 0.456 e. The van der Waals surface area contributed by atoms with Crippen LogP contribution < -0.4 is 0 Å². The lowest BCUT2D eigenvalue weighted by molar-refractivity contribution is 0.669. The Kier molecular flexibility index (Phi) is 4.90. The predicted molar refractivity (Wildman–Crippen MR) is 199 cm³/mol. The second-order valence-electron chi connectivity index (χ2n) is 12.8. The zero-order valence-corrected chi connectivity index (χ0v) is 25.4. The highest BCUT2D eigenvalue weighted by atomic mass is 16.3. The molecule has 1 heteroatoms. The molecule has 1 heterocycles. The van der Waals surface area contributed by atoms with Crippen molar-refractivity contribution < 1.29 is 4.42 Å². The molecule has 0 unspecified atom stereocenters. The quantitative estimate of drug-likeness (QED) is 0.182. The Morgan fingerprint density at radius 3 is 1.38 bits per heavy atom. The standard InChI is InChI=1S/C46H26O/c1-2-10-33-31(8-1)32-9-3-6-13-36(32)41-24-27(16-19-37(33)41)28-17-22-44-42(25-28)43-26-29(18-23-45(43)47-44)30-20-21-40-35-12-5-4-11-34(35)39-15-7-14-38(30)46(39)40/h1-26H. The van der Waals surface area contributed by atoms with E-state index in [1.807, 2.05) is 0 Å². The predicted octanol–water partition coefficient (Wildman–Crippen LogP) is 13.2. The van der Waals surface area contributed by atoms with E-state index in [1.54, 1.807) is 0 Å². The van der Waals surface area contributed by atoms with Crippen molar-refractivity contribution in [1.29, 1.82) is 0 Å². The highest BCUT2D eigenvalue weighted by Crippen LogP contribution is 2.49. The van der Waals surface area contributed by atoms with E-state index >= 15 is 0 Å². The molecule has 9 aromatic carbocycles. The van der Waals surface area contributed by atoms with Gasteiger partial charge in [-0.2, -0.15) is 0 Å². The van der Waals surface area contributed by atoms with Gasteiger partial charge in [-0.15, -0.1) is 0 Å². The van der Waals surface area contributed by atoms with Crippen molar-refractivity contribution in [2.75, 3.05) is 0 Å². The summed E-state index contributed by atoms with van der Waals surface area (Å²) < 4.78 is 6.39. The van der Waals surface area contributed by atoms with E-state index in [0.29, 0.717) is 0 Å². The Morgan fingerprint density at radius 1 is 0.255 bits per heavy atom. The zero-order chi connectivity index (χ0) is 30.6. The minimum Gasteiger partial charge on any atom is -0.456 e. The van der Waals surface area contributed by atoms with E-state index in [2.05, 4.69) is 158 Å². The lowest BCUT2D eigenvalue weighted by atomic mass is 9.91. The van der Waals surface area contributed by atoms with E-state index in [-0.39, 0.29) is 0 Å². The number of benzene rings is 9. The molecule has 0 aliphatic heterocycles. The first-order chi connectivity index (χ1) is 23.3. The Balaban J connectivity index is 1.09. The molecule has 1 nitrogen and oxygen atoms in total. The van der Waals surface area contributed by atoms with Gasteiger partial charge in [0.1, 0.15) is 11.2 Å². The molecule has 10 aromatic rings. The fourth-order valence-corrected chi connectivity index (χ4v) is 8.27. The lowest BCUT2D eigenvalue weighted by Gasteiger charge is -2.12. The summed E-state index contributed by atoms with van der Waals surface area (Å²) in [5.41, 5.74) is 12.0. The fraction of sp³-hybridized carbons (Fsp3) is 0. The van der Waals surface area contributed by atoms with Gasteiger partial charge in [0, 0.05) is 10.8 Å². The van der Waals surface area contributed by atoms with Gasteiger partial charge < -0.3 is 4.42 Å². The van der Waals surface area contributed by atoms with Crippen molar-refractivity contribution in [2.45, 2.75) is 0 Å².